The molecule has 2 saturated heterocycles. The number of amides is 1. The molecule has 0 aliphatic carbocycles. The summed E-state index contributed by atoms with van der Waals surface area (Å²) in [7, 11) is 1.58. The lowest BCUT2D eigenvalue weighted by molar-refractivity contribution is -0.154. The molecule has 17 heavy (non-hydrogen) atoms. The minimum absolute atomic E-state index is 0.153. The number of piperidine rings is 1. The van der Waals surface area contributed by atoms with E-state index in [1.54, 1.807) is 20.9 Å². The molecule has 0 unspecified atom stereocenters. The number of carbonyl (C=O) groups excluding carboxylic acids is 1. The van der Waals surface area contributed by atoms with E-state index in [4.69, 9.17) is 9.47 Å². The molecule has 3 N–H and O–H groups in total. The van der Waals surface area contributed by atoms with Gasteiger partial charge < -0.3 is 19.9 Å². The number of hydrogen-bond acceptors (Lipinski definition) is 5. The topological polar surface area (TPSA) is 79.8 Å². The molecule has 2 aliphatic heterocycles. The highest BCUT2D eigenvalue weighted by Gasteiger charge is 2.54. The number of carbonyl (C=O) groups is 1. The van der Waals surface area contributed by atoms with E-state index in [1.165, 1.54) is 0 Å². The van der Waals surface area contributed by atoms with Gasteiger partial charge in [-0.2, -0.15) is 0 Å². The second-order valence-corrected chi connectivity index (χ2v) is 5.10. The van der Waals surface area contributed by atoms with Crippen molar-refractivity contribution in [2.75, 3.05) is 7.05 Å². The molecule has 5 atom stereocenters. The maximum absolute atomic E-state index is 11.8. The van der Waals surface area contributed by atoms with Crippen molar-refractivity contribution in [3.8, 4) is 0 Å². The summed E-state index contributed by atoms with van der Waals surface area (Å²) in [6.07, 6.45) is -1.61. The zero-order valence-electron chi connectivity index (χ0n) is 10.6. The molecule has 6 heteroatoms. The fraction of sp³-hybridized carbons (Fsp3) is 0.909. The average molecular weight is 244 g/mol. The number of ether oxygens (including phenoxy) is 2. The van der Waals surface area contributed by atoms with Crippen LogP contribution in [0.4, 0.5) is 0 Å². The number of likely N-dealkylation sites (N-methyl/N-ethyl adjacent to an activating group) is 1. The van der Waals surface area contributed by atoms with Crippen LogP contribution in [0.1, 0.15) is 20.8 Å². The van der Waals surface area contributed by atoms with Crippen molar-refractivity contribution in [2.24, 2.45) is 0 Å². The lowest BCUT2D eigenvalue weighted by Crippen LogP contribution is -2.66. The largest absolute Gasteiger partial charge is 0.389 e. The first-order valence-electron chi connectivity index (χ1n) is 5.87. The van der Waals surface area contributed by atoms with Crippen LogP contribution in [-0.4, -0.2) is 54.2 Å². The van der Waals surface area contributed by atoms with Gasteiger partial charge in [0.25, 0.3) is 0 Å². The molecule has 1 amide bonds. The molecule has 0 radical (unpaired) electrons. The standard InChI is InChI=1S/C11H20N2O4/c1-5-7(14)9-8(16-11(2,3)17-9)6(13-5)10(15)12-4/h5-9,13-14H,1-4H3,(H,12,15)/t5-,6-,7-,8-,9+/m0/s1. The first-order valence-corrected chi connectivity index (χ1v) is 5.87. The Morgan fingerprint density at radius 3 is 2.53 bits per heavy atom. The van der Waals surface area contributed by atoms with Crippen LogP contribution in [0.5, 0.6) is 0 Å². The lowest BCUT2D eigenvalue weighted by atomic mass is 9.91. The monoisotopic (exact) mass is 244 g/mol. The van der Waals surface area contributed by atoms with Crippen molar-refractivity contribution in [2.45, 2.75) is 57.0 Å². The maximum Gasteiger partial charge on any atom is 0.239 e. The van der Waals surface area contributed by atoms with Gasteiger partial charge in [0, 0.05) is 13.1 Å². The molecule has 0 aromatic carbocycles. The Kier molecular flexibility index (Phi) is 3.15. The van der Waals surface area contributed by atoms with Gasteiger partial charge in [-0.15, -0.1) is 0 Å². The molecule has 0 spiro atoms. The molecular formula is C11H20N2O4. The van der Waals surface area contributed by atoms with Gasteiger partial charge in [-0.25, -0.2) is 0 Å². The van der Waals surface area contributed by atoms with E-state index in [2.05, 4.69) is 10.6 Å². The second-order valence-electron chi connectivity index (χ2n) is 5.10. The van der Waals surface area contributed by atoms with Crippen LogP contribution in [0.2, 0.25) is 0 Å². The third-order valence-corrected chi connectivity index (χ3v) is 3.31. The van der Waals surface area contributed by atoms with E-state index >= 15 is 0 Å². The average Bonchev–Trinajstić information content (AvgIpc) is 2.58. The zero-order chi connectivity index (χ0) is 12.8. The Morgan fingerprint density at radius 2 is 1.94 bits per heavy atom. The minimum Gasteiger partial charge on any atom is -0.389 e. The lowest BCUT2D eigenvalue weighted by Gasteiger charge is -2.38. The predicted molar refractivity (Wildman–Crippen MR) is 60.3 cm³/mol. The highest BCUT2D eigenvalue weighted by molar-refractivity contribution is 5.82. The van der Waals surface area contributed by atoms with Crippen molar-refractivity contribution < 1.29 is 19.4 Å². The predicted octanol–water partition coefficient (Wildman–Crippen LogP) is -1.03. The fourth-order valence-corrected chi connectivity index (χ4v) is 2.48. The summed E-state index contributed by atoms with van der Waals surface area (Å²) in [6, 6.07) is -0.707. The number of aliphatic hydroxyl groups excluding tert-OH is 1. The smallest absolute Gasteiger partial charge is 0.239 e. The van der Waals surface area contributed by atoms with Gasteiger partial charge in [0.1, 0.15) is 18.2 Å². The Hall–Kier alpha value is -0.690. The van der Waals surface area contributed by atoms with Crippen molar-refractivity contribution >= 4 is 5.91 Å². The van der Waals surface area contributed by atoms with Gasteiger partial charge in [0.2, 0.25) is 5.91 Å². The molecule has 2 heterocycles. The van der Waals surface area contributed by atoms with E-state index in [1.807, 2.05) is 6.92 Å². The molecular weight excluding hydrogens is 224 g/mol. The summed E-state index contributed by atoms with van der Waals surface area (Å²) < 4.78 is 11.4. The van der Waals surface area contributed by atoms with Gasteiger partial charge in [-0.1, -0.05) is 0 Å². The fourth-order valence-electron chi connectivity index (χ4n) is 2.48. The summed E-state index contributed by atoms with van der Waals surface area (Å²) in [4.78, 5) is 11.8. The van der Waals surface area contributed by atoms with Crippen LogP contribution in [0, 0.1) is 0 Å². The number of fused-ring (bicyclic) bond motifs is 1. The summed E-state index contributed by atoms with van der Waals surface area (Å²) in [5.74, 6) is -0.922. The van der Waals surface area contributed by atoms with Crippen LogP contribution < -0.4 is 10.6 Å². The summed E-state index contributed by atoms with van der Waals surface area (Å²) in [6.45, 7) is 5.39. The first kappa shape index (κ1) is 12.8. The van der Waals surface area contributed by atoms with Gasteiger partial charge in [0.15, 0.2) is 5.79 Å². The molecule has 0 aromatic heterocycles. The van der Waals surface area contributed by atoms with Crippen molar-refractivity contribution in [3.05, 3.63) is 0 Å². The molecule has 2 rings (SSSR count). The molecule has 6 nitrogen and oxygen atoms in total. The third kappa shape index (κ3) is 2.18. The molecule has 2 aliphatic rings. The molecule has 0 saturated carbocycles. The van der Waals surface area contributed by atoms with Gasteiger partial charge in [-0.05, 0) is 20.8 Å². The molecule has 98 valence electrons. The summed E-state index contributed by atoms with van der Waals surface area (Å²) in [5.41, 5.74) is 0. The van der Waals surface area contributed by atoms with Gasteiger partial charge in [-0.3, -0.25) is 10.1 Å². The quantitative estimate of drug-likeness (QED) is 0.550. The van der Waals surface area contributed by atoms with E-state index in [0.717, 1.165) is 0 Å². The van der Waals surface area contributed by atoms with Crippen LogP contribution >= 0.6 is 0 Å². The van der Waals surface area contributed by atoms with E-state index in [-0.39, 0.29) is 11.9 Å². The Labute approximate surface area is 101 Å². The SMILES string of the molecule is CNC(=O)[C@H]1N[C@@H](C)[C@H](O)[C@H]2OC(C)(C)O[C@H]21. The summed E-state index contributed by atoms with van der Waals surface area (Å²) >= 11 is 0. The Bertz CT molecular complexity index is 321. The first-order chi connectivity index (χ1) is 7.85. The third-order valence-electron chi connectivity index (χ3n) is 3.31. The molecule has 2 fully saturated rings. The minimum atomic E-state index is -0.770. The van der Waals surface area contributed by atoms with Crippen molar-refractivity contribution in [1.29, 1.82) is 0 Å². The number of hydrogen-bond donors (Lipinski definition) is 3. The summed E-state index contributed by atoms with van der Waals surface area (Å²) in [5, 5.41) is 15.7. The highest BCUT2D eigenvalue weighted by Crippen LogP contribution is 2.35. The maximum atomic E-state index is 11.8. The van der Waals surface area contributed by atoms with E-state index in [0.29, 0.717) is 0 Å². The van der Waals surface area contributed by atoms with E-state index in [9.17, 15) is 9.90 Å². The van der Waals surface area contributed by atoms with Gasteiger partial charge in [0.05, 0.1) is 6.10 Å². The van der Waals surface area contributed by atoms with Crippen LogP contribution in [-0.2, 0) is 14.3 Å². The second kappa shape index (κ2) is 4.20. The van der Waals surface area contributed by atoms with E-state index < -0.39 is 30.1 Å². The van der Waals surface area contributed by atoms with Crippen LogP contribution in [0.15, 0.2) is 0 Å². The highest BCUT2D eigenvalue weighted by atomic mass is 16.8. The van der Waals surface area contributed by atoms with Crippen molar-refractivity contribution in [3.63, 3.8) is 0 Å². The van der Waals surface area contributed by atoms with Crippen LogP contribution in [0.25, 0.3) is 0 Å². The number of rotatable bonds is 1. The van der Waals surface area contributed by atoms with Crippen molar-refractivity contribution in [1.82, 2.24) is 10.6 Å². The zero-order valence-corrected chi connectivity index (χ0v) is 10.6. The number of aliphatic hydroxyl groups is 1. The van der Waals surface area contributed by atoms with Crippen LogP contribution in [0.3, 0.4) is 0 Å². The molecule has 0 aromatic rings. The Balaban J connectivity index is 2.23. The molecule has 0 bridgehead atoms. The normalized spacial score (nSPS) is 44.2. The number of nitrogens with one attached hydrogen (secondary N) is 2. The Morgan fingerprint density at radius 1 is 1.35 bits per heavy atom. The van der Waals surface area contributed by atoms with Gasteiger partial charge >= 0.3 is 0 Å².